The first kappa shape index (κ1) is 12.9. The van der Waals surface area contributed by atoms with E-state index < -0.39 is 10.0 Å². The molecule has 2 N–H and O–H groups in total. The SMILES string of the molecule is Cc1nc(C)c(S(=O)(=O)N2CCC[C@H]2CN)s1. The number of thiazole rings is 1. The van der Waals surface area contributed by atoms with E-state index in [1.165, 1.54) is 15.6 Å². The van der Waals surface area contributed by atoms with Gasteiger partial charge in [-0.3, -0.25) is 0 Å². The van der Waals surface area contributed by atoms with Crippen LogP contribution in [0.4, 0.5) is 0 Å². The van der Waals surface area contributed by atoms with Gasteiger partial charge in [0.1, 0.15) is 0 Å². The van der Waals surface area contributed by atoms with Crippen molar-refractivity contribution < 1.29 is 8.42 Å². The molecule has 96 valence electrons. The van der Waals surface area contributed by atoms with Crippen LogP contribution in [0.25, 0.3) is 0 Å². The molecule has 0 saturated carbocycles. The standard InChI is InChI=1S/C10H17N3O2S2/c1-7-10(16-8(2)12-7)17(14,15)13-5-3-4-9(13)6-11/h9H,3-6,11H2,1-2H3/t9-/m0/s1. The van der Waals surface area contributed by atoms with E-state index in [1.54, 1.807) is 6.92 Å². The van der Waals surface area contributed by atoms with Gasteiger partial charge in [-0.15, -0.1) is 11.3 Å². The van der Waals surface area contributed by atoms with Gasteiger partial charge in [-0.05, 0) is 26.7 Å². The number of aryl methyl sites for hydroxylation is 2. The van der Waals surface area contributed by atoms with Gasteiger partial charge in [-0.2, -0.15) is 4.31 Å². The molecule has 5 nitrogen and oxygen atoms in total. The van der Waals surface area contributed by atoms with Gasteiger partial charge in [0.15, 0.2) is 4.21 Å². The number of hydrogen-bond donors (Lipinski definition) is 1. The van der Waals surface area contributed by atoms with Crippen molar-refractivity contribution in [3.05, 3.63) is 10.7 Å². The predicted molar refractivity (Wildman–Crippen MR) is 67.6 cm³/mol. The molecule has 0 radical (unpaired) electrons. The average molecular weight is 275 g/mol. The van der Waals surface area contributed by atoms with E-state index in [1.807, 2.05) is 6.92 Å². The molecule has 1 saturated heterocycles. The smallest absolute Gasteiger partial charge is 0.254 e. The molecular weight excluding hydrogens is 258 g/mol. The van der Waals surface area contributed by atoms with E-state index in [0.29, 0.717) is 23.0 Å². The third-order valence-electron chi connectivity index (χ3n) is 3.00. The summed E-state index contributed by atoms with van der Waals surface area (Å²) in [5, 5.41) is 0.782. The van der Waals surface area contributed by atoms with Gasteiger partial charge in [-0.1, -0.05) is 0 Å². The molecule has 2 rings (SSSR count). The van der Waals surface area contributed by atoms with Crippen molar-refractivity contribution in [3.8, 4) is 0 Å². The number of hydrogen-bond acceptors (Lipinski definition) is 5. The van der Waals surface area contributed by atoms with Gasteiger partial charge in [0.05, 0.1) is 10.7 Å². The van der Waals surface area contributed by atoms with Crippen LogP contribution >= 0.6 is 11.3 Å². The van der Waals surface area contributed by atoms with Gasteiger partial charge in [0.2, 0.25) is 0 Å². The van der Waals surface area contributed by atoms with E-state index in [2.05, 4.69) is 4.98 Å². The van der Waals surface area contributed by atoms with E-state index >= 15 is 0 Å². The van der Waals surface area contributed by atoms with E-state index in [4.69, 9.17) is 5.73 Å². The maximum absolute atomic E-state index is 12.5. The minimum absolute atomic E-state index is 0.0539. The highest BCUT2D eigenvalue weighted by Crippen LogP contribution is 2.30. The third-order valence-corrected chi connectivity index (χ3v) is 6.61. The van der Waals surface area contributed by atoms with Crippen LogP contribution in [-0.2, 0) is 10.0 Å². The van der Waals surface area contributed by atoms with Gasteiger partial charge >= 0.3 is 0 Å². The molecule has 0 aliphatic carbocycles. The highest BCUT2D eigenvalue weighted by molar-refractivity contribution is 7.91. The van der Waals surface area contributed by atoms with Crippen LogP contribution < -0.4 is 5.73 Å². The van der Waals surface area contributed by atoms with Crippen molar-refractivity contribution in [1.82, 2.24) is 9.29 Å². The molecule has 1 atom stereocenters. The molecule has 1 aromatic heterocycles. The third kappa shape index (κ3) is 2.24. The van der Waals surface area contributed by atoms with Gasteiger partial charge in [0.25, 0.3) is 10.0 Å². The van der Waals surface area contributed by atoms with Crippen LogP contribution in [0.15, 0.2) is 4.21 Å². The number of nitrogens with two attached hydrogens (primary N) is 1. The van der Waals surface area contributed by atoms with Crippen molar-refractivity contribution >= 4 is 21.4 Å². The van der Waals surface area contributed by atoms with Crippen LogP contribution in [-0.4, -0.2) is 36.8 Å². The molecule has 2 heterocycles. The van der Waals surface area contributed by atoms with Crippen LogP contribution in [0.1, 0.15) is 23.5 Å². The van der Waals surface area contributed by atoms with Crippen molar-refractivity contribution in [2.24, 2.45) is 5.73 Å². The maximum atomic E-state index is 12.5. The number of sulfonamides is 1. The van der Waals surface area contributed by atoms with E-state index in [9.17, 15) is 8.42 Å². The fourth-order valence-corrected chi connectivity index (χ4v) is 5.52. The van der Waals surface area contributed by atoms with Crippen LogP contribution in [0.5, 0.6) is 0 Å². The molecule has 0 bridgehead atoms. The highest BCUT2D eigenvalue weighted by Gasteiger charge is 2.36. The molecule has 1 aliphatic rings. The summed E-state index contributed by atoms with van der Waals surface area (Å²) >= 11 is 1.24. The summed E-state index contributed by atoms with van der Waals surface area (Å²) in [5.41, 5.74) is 6.22. The number of rotatable bonds is 3. The normalized spacial score (nSPS) is 22.2. The minimum atomic E-state index is -3.40. The number of nitrogens with zero attached hydrogens (tertiary/aromatic N) is 2. The summed E-state index contributed by atoms with van der Waals surface area (Å²) in [6.45, 7) is 4.52. The second-order valence-corrected chi connectivity index (χ2v) is 7.54. The Hall–Kier alpha value is -0.500. The van der Waals surface area contributed by atoms with Crippen molar-refractivity contribution in [3.63, 3.8) is 0 Å². The van der Waals surface area contributed by atoms with Crippen LogP contribution in [0.2, 0.25) is 0 Å². The lowest BCUT2D eigenvalue weighted by atomic mass is 10.2. The van der Waals surface area contributed by atoms with Gasteiger partial charge < -0.3 is 5.73 Å². The topological polar surface area (TPSA) is 76.3 Å². The summed E-state index contributed by atoms with van der Waals surface area (Å²) in [6, 6.07) is -0.0539. The molecule has 0 spiro atoms. The molecule has 1 aromatic rings. The number of aromatic nitrogens is 1. The quantitative estimate of drug-likeness (QED) is 0.888. The zero-order valence-electron chi connectivity index (χ0n) is 10.0. The highest BCUT2D eigenvalue weighted by atomic mass is 32.2. The maximum Gasteiger partial charge on any atom is 0.254 e. The molecule has 1 fully saturated rings. The summed E-state index contributed by atoms with van der Waals surface area (Å²) < 4.78 is 26.9. The Labute approximate surface area is 106 Å². The molecular formula is C10H17N3O2S2. The summed E-state index contributed by atoms with van der Waals surface area (Å²) in [5.74, 6) is 0. The van der Waals surface area contributed by atoms with E-state index in [0.717, 1.165) is 17.8 Å². The molecule has 1 aliphatic heterocycles. The van der Waals surface area contributed by atoms with Gasteiger partial charge in [-0.25, -0.2) is 13.4 Å². The summed E-state index contributed by atoms with van der Waals surface area (Å²) in [4.78, 5) is 4.18. The molecule has 0 amide bonds. The van der Waals surface area contributed by atoms with Crippen molar-refractivity contribution in [1.29, 1.82) is 0 Å². The Morgan fingerprint density at radius 2 is 2.24 bits per heavy atom. The lowest BCUT2D eigenvalue weighted by Gasteiger charge is -2.22. The summed E-state index contributed by atoms with van der Waals surface area (Å²) in [6.07, 6.45) is 1.74. The first-order chi connectivity index (χ1) is 7.96. The zero-order chi connectivity index (χ0) is 12.6. The van der Waals surface area contributed by atoms with Crippen LogP contribution in [0.3, 0.4) is 0 Å². The minimum Gasteiger partial charge on any atom is -0.329 e. The Balaban J connectivity index is 2.39. The molecule has 17 heavy (non-hydrogen) atoms. The Morgan fingerprint density at radius 1 is 1.53 bits per heavy atom. The average Bonchev–Trinajstić information content (AvgIpc) is 2.84. The lowest BCUT2D eigenvalue weighted by Crippen LogP contribution is -2.39. The Kier molecular flexibility index (Phi) is 3.53. The zero-order valence-corrected chi connectivity index (χ0v) is 11.6. The second-order valence-electron chi connectivity index (χ2n) is 4.25. The summed E-state index contributed by atoms with van der Waals surface area (Å²) in [7, 11) is -3.40. The predicted octanol–water partition coefficient (Wildman–Crippen LogP) is 0.872. The Bertz CT molecular complexity index is 510. The van der Waals surface area contributed by atoms with Gasteiger partial charge in [0, 0.05) is 19.1 Å². The first-order valence-corrected chi connectivity index (χ1v) is 7.88. The lowest BCUT2D eigenvalue weighted by molar-refractivity contribution is 0.394. The van der Waals surface area contributed by atoms with Crippen molar-refractivity contribution in [2.75, 3.05) is 13.1 Å². The Morgan fingerprint density at radius 3 is 2.76 bits per heavy atom. The first-order valence-electron chi connectivity index (χ1n) is 5.62. The van der Waals surface area contributed by atoms with Crippen molar-refractivity contribution in [2.45, 2.75) is 36.9 Å². The van der Waals surface area contributed by atoms with E-state index in [-0.39, 0.29) is 6.04 Å². The molecule has 0 unspecified atom stereocenters. The fourth-order valence-electron chi connectivity index (χ4n) is 2.22. The van der Waals surface area contributed by atoms with Crippen LogP contribution in [0, 0.1) is 13.8 Å². The largest absolute Gasteiger partial charge is 0.329 e. The second kappa shape index (κ2) is 4.64. The fraction of sp³-hybridized carbons (Fsp3) is 0.700. The molecule has 7 heteroatoms. The monoisotopic (exact) mass is 275 g/mol. The molecule has 0 aromatic carbocycles.